The minimum Gasteiger partial charge on any atom is -0.481 e. The largest absolute Gasteiger partial charge is 0.481 e. The number of methoxy groups -OCH3 is 1. The number of rotatable bonds is 10. The lowest BCUT2D eigenvalue weighted by Gasteiger charge is -2.30. The molecule has 0 fully saturated rings. The van der Waals surface area contributed by atoms with Gasteiger partial charge in [-0.3, -0.25) is 14.3 Å². The van der Waals surface area contributed by atoms with Crippen molar-refractivity contribution in [2.45, 2.75) is 45.2 Å². The van der Waals surface area contributed by atoms with Gasteiger partial charge in [-0.05, 0) is 37.0 Å². The number of carbonyl (C=O) groups is 2. The third-order valence-corrected chi connectivity index (χ3v) is 6.13. The van der Waals surface area contributed by atoms with Gasteiger partial charge < -0.3 is 20.1 Å². The average molecular weight is 479 g/mol. The first-order valence-electron chi connectivity index (χ1n) is 11.8. The summed E-state index contributed by atoms with van der Waals surface area (Å²) in [5, 5.41) is 17.2. The third kappa shape index (κ3) is 5.76. The van der Waals surface area contributed by atoms with Gasteiger partial charge >= 0.3 is 5.97 Å². The standard InChI is InChI=1S/C25H30N6O4/c1-3-31(21(13-23(32)33)18-7-9-22(35-2)27-14-18)25(34)19-15-28-30(16-19)12-10-20-8-6-17-5-4-11-26-24(17)29-20/h6-9,14-16,21H,3-5,10-13H2,1-2H3,(H,26,29)(H,32,33). The molecule has 1 amide bonds. The first kappa shape index (κ1) is 24.2. The second-order valence-electron chi connectivity index (χ2n) is 8.42. The smallest absolute Gasteiger partial charge is 0.305 e. The highest BCUT2D eigenvalue weighted by Gasteiger charge is 2.28. The van der Waals surface area contributed by atoms with E-state index in [1.807, 2.05) is 13.0 Å². The van der Waals surface area contributed by atoms with Gasteiger partial charge in [0, 0.05) is 50.2 Å². The summed E-state index contributed by atoms with van der Waals surface area (Å²) < 4.78 is 6.81. The van der Waals surface area contributed by atoms with Crippen LogP contribution in [0.2, 0.25) is 0 Å². The normalized spacial score (nSPS) is 13.4. The molecule has 0 aromatic carbocycles. The van der Waals surface area contributed by atoms with Gasteiger partial charge in [-0.25, -0.2) is 9.97 Å². The van der Waals surface area contributed by atoms with E-state index in [-0.39, 0.29) is 12.3 Å². The van der Waals surface area contributed by atoms with Crippen LogP contribution in [0.4, 0.5) is 5.82 Å². The number of pyridine rings is 2. The Bertz CT molecular complexity index is 1180. The molecule has 0 spiro atoms. The minimum absolute atomic E-state index is 0.236. The molecule has 3 aromatic heterocycles. The molecule has 10 heteroatoms. The number of carboxylic acids is 1. The van der Waals surface area contributed by atoms with E-state index in [2.05, 4.69) is 21.5 Å². The fraction of sp³-hybridized carbons (Fsp3) is 0.400. The molecule has 1 aliphatic heterocycles. The van der Waals surface area contributed by atoms with Crippen LogP contribution < -0.4 is 10.1 Å². The second kappa shape index (κ2) is 11.0. The zero-order valence-corrected chi connectivity index (χ0v) is 20.0. The van der Waals surface area contributed by atoms with E-state index < -0.39 is 12.0 Å². The summed E-state index contributed by atoms with van der Waals surface area (Å²) in [6, 6.07) is 6.89. The number of anilines is 1. The highest BCUT2D eigenvalue weighted by Crippen LogP contribution is 2.27. The van der Waals surface area contributed by atoms with Crippen molar-refractivity contribution in [2.24, 2.45) is 0 Å². The molecule has 0 bridgehead atoms. The zero-order chi connectivity index (χ0) is 24.8. The molecule has 1 atom stereocenters. The summed E-state index contributed by atoms with van der Waals surface area (Å²) in [6.45, 7) is 3.67. The SMILES string of the molecule is CCN(C(=O)c1cnn(CCc2ccc3c(n2)NCCC3)c1)C(CC(=O)O)c1ccc(OC)nc1. The van der Waals surface area contributed by atoms with Crippen LogP contribution in [0.5, 0.6) is 5.88 Å². The number of carbonyl (C=O) groups excluding carboxylic acids is 1. The number of amides is 1. The number of ether oxygens (including phenoxy) is 1. The lowest BCUT2D eigenvalue weighted by molar-refractivity contribution is -0.138. The Morgan fingerprint density at radius 2 is 2.11 bits per heavy atom. The summed E-state index contributed by atoms with van der Waals surface area (Å²) in [5.41, 5.74) is 3.24. The Kier molecular flexibility index (Phi) is 7.59. The number of nitrogens with one attached hydrogen (secondary N) is 1. The Balaban J connectivity index is 1.47. The van der Waals surface area contributed by atoms with Crippen molar-refractivity contribution in [3.05, 3.63) is 65.2 Å². The van der Waals surface area contributed by atoms with Crippen LogP contribution in [-0.2, 0) is 24.2 Å². The second-order valence-corrected chi connectivity index (χ2v) is 8.42. The van der Waals surface area contributed by atoms with Crippen molar-refractivity contribution in [1.82, 2.24) is 24.6 Å². The fourth-order valence-electron chi connectivity index (χ4n) is 4.29. The monoisotopic (exact) mass is 478 g/mol. The fourth-order valence-corrected chi connectivity index (χ4v) is 4.29. The van der Waals surface area contributed by atoms with E-state index >= 15 is 0 Å². The number of hydrogen-bond acceptors (Lipinski definition) is 7. The minimum atomic E-state index is -1.00. The van der Waals surface area contributed by atoms with Crippen LogP contribution in [0.15, 0.2) is 42.9 Å². The predicted molar refractivity (Wildman–Crippen MR) is 129 cm³/mol. The van der Waals surface area contributed by atoms with Crippen molar-refractivity contribution in [3.63, 3.8) is 0 Å². The van der Waals surface area contributed by atoms with Crippen LogP contribution in [-0.4, -0.2) is 61.8 Å². The van der Waals surface area contributed by atoms with Crippen molar-refractivity contribution >= 4 is 17.7 Å². The highest BCUT2D eigenvalue weighted by atomic mass is 16.5. The van der Waals surface area contributed by atoms with E-state index in [1.54, 1.807) is 29.2 Å². The first-order valence-corrected chi connectivity index (χ1v) is 11.8. The third-order valence-electron chi connectivity index (χ3n) is 6.13. The number of carboxylic acid groups (broad SMARTS) is 1. The molecule has 1 unspecified atom stereocenters. The van der Waals surface area contributed by atoms with Gasteiger partial charge in [-0.15, -0.1) is 0 Å². The average Bonchev–Trinajstić information content (AvgIpc) is 3.36. The Labute approximate surface area is 204 Å². The van der Waals surface area contributed by atoms with Gasteiger partial charge in [0.15, 0.2) is 0 Å². The highest BCUT2D eigenvalue weighted by molar-refractivity contribution is 5.94. The number of aryl methyl sites for hydroxylation is 3. The maximum absolute atomic E-state index is 13.4. The Hall–Kier alpha value is -3.95. The van der Waals surface area contributed by atoms with Gasteiger partial charge in [0.05, 0.1) is 31.3 Å². The maximum atomic E-state index is 13.4. The van der Waals surface area contributed by atoms with E-state index in [4.69, 9.17) is 9.72 Å². The van der Waals surface area contributed by atoms with Crippen molar-refractivity contribution < 1.29 is 19.4 Å². The Morgan fingerprint density at radius 3 is 2.83 bits per heavy atom. The van der Waals surface area contributed by atoms with Gasteiger partial charge in [0.1, 0.15) is 5.82 Å². The van der Waals surface area contributed by atoms with E-state index in [0.717, 1.165) is 30.9 Å². The van der Waals surface area contributed by atoms with Gasteiger partial charge in [-0.1, -0.05) is 12.1 Å². The molecular weight excluding hydrogens is 448 g/mol. The molecule has 10 nitrogen and oxygen atoms in total. The van der Waals surface area contributed by atoms with E-state index in [0.29, 0.717) is 36.5 Å². The van der Waals surface area contributed by atoms with Crippen LogP contribution in [0, 0.1) is 0 Å². The molecule has 35 heavy (non-hydrogen) atoms. The Morgan fingerprint density at radius 1 is 1.26 bits per heavy atom. The summed E-state index contributed by atoms with van der Waals surface area (Å²) in [6.07, 6.45) is 7.38. The maximum Gasteiger partial charge on any atom is 0.305 e. The number of aliphatic carboxylic acids is 1. The van der Waals surface area contributed by atoms with Crippen LogP contribution in [0.3, 0.4) is 0 Å². The molecule has 0 saturated carbocycles. The molecule has 0 radical (unpaired) electrons. The molecule has 2 N–H and O–H groups in total. The van der Waals surface area contributed by atoms with Crippen LogP contribution in [0.25, 0.3) is 0 Å². The van der Waals surface area contributed by atoms with Gasteiger partial charge in [0.25, 0.3) is 5.91 Å². The summed E-state index contributed by atoms with van der Waals surface area (Å²) in [5.74, 6) is 0.0977. The molecular formula is C25H30N6O4. The summed E-state index contributed by atoms with van der Waals surface area (Å²) >= 11 is 0. The van der Waals surface area contributed by atoms with Crippen molar-refractivity contribution in [2.75, 3.05) is 25.5 Å². The van der Waals surface area contributed by atoms with Crippen molar-refractivity contribution in [3.8, 4) is 5.88 Å². The topological polar surface area (TPSA) is 122 Å². The lowest BCUT2D eigenvalue weighted by atomic mass is 10.0. The van der Waals surface area contributed by atoms with Gasteiger partial charge in [0.2, 0.25) is 5.88 Å². The van der Waals surface area contributed by atoms with Gasteiger partial charge in [-0.2, -0.15) is 5.10 Å². The number of fused-ring (bicyclic) bond motifs is 1. The predicted octanol–water partition coefficient (Wildman–Crippen LogP) is 2.96. The van der Waals surface area contributed by atoms with E-state index in [1.165, 1.54) is 23.8 Å². The summed E-state index contributed by atoms with van der Waals surface area (Å²) in [7, 11) is 1.51. The molecule has 1 aliphatic rings. The molecule has 4 rings (SSSR count). The molecule has 4 heterocycles. The molecule has 3 aromatic rings. The number of aromatic nitrogens is 4. The van der Waals surface area contributed by atoms with E-state index in [9.17, 15) is 14.7 Å². The lowest BCUT2D eigenvalue weighted by Crippen LogP contribution is -2.36. The zero-order valence-electron chi connectivity index (χ0n) is 20.0. The quantitative estimate of drug-likeness (QED) is 0.456. The number of nitrogens with zero attached hydrogens (tertiary/aromatic N) is 5. The molecule has 184 valence electrons. The first-order chi connectivity index (χ1) is 17.0. The van der Waals surface area contributed by atoms with Crippen LogP contribution in [0.1, 0.15) is 53.0 Å². The molecule has 0 saturated heterocycles. The van der Waals surface area contributed by atoms with Crippen LogP contribution >= 0.6 is 0 Å². The molecule has 0 aliphatic carbocycles. The number of hydrogen-bond donors (Lipinski definition) is 2. The van der Waals surface area contributed by atoms with Crippen molar-refractivity contribution in [1.29, 1.82) is 0 Å². The summed E-state index contributed by atoms with van der Waals surface area (Å²) in [4.78, 5) is 35.4.